The fourth-order valence-corrected chi connectivity index (χ4v) is 4.85. The number of aromatic nitrogens is 3. The van der Waals surface area contributed by atoms with Crippen LogP contribution < -0.4 is 11.2 Å². The number of hydrogen-bond acceptors (Lipinski definition) is 6. The van der Waals surface area contributed by atoms with E-state index >= 15 is 0 Å². The molecule has 0 aromatic carbocycles. The van der Waals surface area contributed by atoms with E-state index in [1.807, 2.05) is 33.8 Å². The largest absolute Gasteiger partial charge is 0.496 e. The van der Waals surface area contributed by atoms with Crippen LogP contribution >= 0.6 is 0 Å². The lowest BCUT2D eigenvalue weighted by molar-refractivity contribution is -0.0609. The van der Waals surface area contributed by atoms with E-state index in [-0.39, 0.29) is 11.8 Å². The Labute approximate surface area is 194 Å². The number of aliphatic hydroxyl groups excluding tert-OH is 1. The van der Waals surface area contributed by atoms with Gasteiger partial charge in [0.05, 0.1) is 42.1 Å². The highest BCUT2D eigenvalue weighted by molar-refractivity contribution is 6.62. The molecule has 0 radical (unpaired) electrons. The first-order chi connectivity index (χ1) is 15.7. The molecule has 2 atom stereocenters. The van der Waals surface area contributed by atoms with E-state index in [4.69, 9.17) is 19.0 Å². The van der Waals surface area contributed by atoms with Crippen LogP contribution in [0, 0.1) is 0 Å². The number of fused-ring (bicyclic) bond motifs is 1. The second-order valence-corrected chi connectivity index (χ2v) is 10.6. The Morgan fingerprint density at radius 3 is 2.58 bits per heavy atom. The summed E-state index contributed by atoms with van der Waals surface area (Å²) in [5, 5.41) is 9.79. The maximum Gasteiger partial charge on any atom is 0.496 e. The lowest BCUT2D eigenvalue weighted by Gasteiger charge is -2.32. The zero-order chi connectivity index (χ0) is 23.4. The number of imidazole rings is 1. The zero-order valence-corrected chi connectivity index (χ0v) is 20.0. The van der Waals surface area contributed by atoms with Gasteiger partial charge in [-0.05, 0) is 72.3 Å². The average molecular weight is 455 g/mol. The van der Waals surface area contributed by atoms with Crippen molar-refractivity contribution in [3.8, 4) is 0 Å². The zero-order valence-electron chi connectivity index (χ0n) is 20.0. The summed E-state index contributed by atoms with van der Waals surface area (Å²) in [6, 6.07) is 1.98. The minimum Gasteiger partial charge on any atom is -0.399 e. The third kappa shape index (κ3) is 4.09. The van der Waals surface area contributed by atoms with Crippen LogP contribution in [0.4, 0.5) is 0 Å². The number of nitrogens with zero attached hydrogens (tertiary/aromatic N) is 3. The van der Waals surface area contributed by atoms with Crippen molar-refractivity contribution in [1.29, 1.82) is 0 Å². The summed E-state index contributed by atoms with van der Waals surface area (Å²) in [6.07, 6.45) is 8.83. The molecule has 3 aliphatic rings. The minimum atomic E-state index is -0.547. The fourth-order valence-electron chi connectivity index (χ4n) is 4.85. The van der Waals surface area contributed by atoms with Gasteiger partial charge in [0.25, 0.3) is 0 Å². The normalized spacial score (nSPS) is 27.2. The highest BCUT2D eigenvalue weighted by Crippen LogP contribution is 2.36. The number of pyridine rings is 1. The molecule has 8 nitrogen and oxygen atoms in total. The maximum absolute atomic E-state index is 13.6. The van der Waals surface area contributed by atoms with Crippen molar-refractivity contribution in [2.75, 3.05) is 6.61 Å². The second kappa shape index (κ2) is 8.38. The van der Waals surface area contributed by atoms with E-state index in [0.29, 0.717) is 31.6 Å². The predicted octanol–water partition coefficient (Wildman–Crippen LogP) is 2.45. The molecule has 0 unspecified atom stereocenters. The Kier molecular flexibility index (Phi) is 5.80. The van der Waals surface area contributed by atoms with Gasteiger partial charge in [0, 0.05) is 17.4 Å². The monoisotopic (exact) mass is 455 g/mol. The summed E-state index contributed by atoms with van der Waals surface area (Å²) < 4.78 is 21.8. The summed E-state index contributed by atoms with van der Waals surface area (Å²) in [4.78, 5) is 18.4. The first kappa shape index (κ1) is 22.8. The Balaban J connectivity index is 1.57. The van der Waals surface area contributed by atoms with E-state index in [1.54, 1.807) is 15.3 Å². The van der Waals surface area contributed by atoms with Crippen molar-refractivity contribution in [3.05, 3.63) is 28.8 Å². The predicted molar refractivity (Wildman–Crippen MR) is 127 cm³/mol. The topological polar surface area (TPSA) is 87.7 Å². The summed E-state index contributed by atoms with van der Waals surface area (Å²) in [6.45, 7) is 8.83. The van der Waals surface area contributed by atoms with Crippen LogP contribution in [0.3, 0.4) is 0 Å². The number of hydrogen-bond donors (Lipinski definition) is 1. The molecule has 4 heterocycles. The molecule has 2 fully saturated rings. The van der Waals surface area contributed by atoms with Gasteiger partial charge < -0.3 is 19.2 Å². The average Bonchev–Trinajstić information content (AvgIpc) is 3.18. The van der Waals surface area contributed by atoms with Gasteiger partial charge in [-0.15, -0.1) is 0 Å². The summed E-state index contributed by atoms with van der Waals surface area (Å²) in [5.74, 6) is 0. The van der Waals surface area contributed by atoms with E-state index in [1.165, 1.54) is 0 Å². The number of rotatable bonds is 4. The van der Waals surface area contributed by atoms with Gasteiger partial charge in [0.1, 0.15) is 0 Å². The highest BCUT2D eigenvalue weighted by atomic mass is 16.7. The molecule has 2 saturated heterocycles. The number of allylic oxidation sites excluding steroid dienone is 2. The molecule has 2 aromatic rings. The maximum atomic E-state index is 13.6. The lowest BCUT2D eigenvalue weighted by Crippen LogP contribution is -2.41. The van der Waals surface area contributed by atoms with Crippen molar-refractivity contribution in [3.63, 3.8) is 0 Å². The fraction of sp³-hybridized carbons (Fsp3) is 0.667. The molecule has 0 spiro atoms. The summed E-state index contributed by atoms with van der Waals surface area (Å²) >= 11 is 0. The first-order valence-corrected chi connectivity index (χ1v) is 12.1. The van der Waals surface area contributed by atoms with Crippen LogP contribution in [0.5, 0.6) is 0 Å². The van der Waals surface area contributed by atoms with Gasteiger partial charge in [0.15, 0.2) is 5.65 Å². The molecule has 0 amide bonds. The van der Waals surface area contributed by atoms with Crippen molar-refractivity contribution in [2.24, 2.45) is 0 Å². The molecule has 1 aliphatic carbocycles. The molecule has 0 saturated carbocycles. The lowest BCUT2D eigenvalue weighted by atomic mass is 9.80. The minimum absolute atomic E-state index is 0.0913. The van der Waals surface area contributed by atoms with Gasteiger partial charge in [-0.2, -0.15) is 0 Å². The Hall–Kier alpha value is -1.94. The Morgan fingerprint density at radius 1 is 1.18 bits per heavy atom. The van der Waals surface area contributed by atoms with Gasteiger partial charge in [-0.25, -0.2) is 14.3 Å². The third-order valence-corrected chi connectivity index (χ3v) is 7.61. The van der Waals surface area contributed by atoms with Crippen LogP contribution in [0.15, 0.2) is 23.1 Å². The number of aliphatic hydroxyl groups is 1. The SMILES string of the molecule is CC1(C)OB(c2cnc3c(c2)n(C[C@H]2CC[C@@H](O)CO2)c(=O)n3C2=CCCCC2)OC1(C)C. The quantitative estimate of drug-likeness (QED) is 0.713. The molecule has 1 N–H and O–H groups in total. The van der Waals surface area contributed by atoms with E-state index in [9.17, 15) is 9.90 Å². The number of ether oxygens (including phenoxy) is 1. The first-order valence-electron chi connectivity index (χ1n) is 12.1. The van der Waals surface area contributed by atoms with Crippen molar-refractivity contribution in [2.45, 2.75) is 96.2 Å². The molecule has 2 aromatic heterocycles. The van der Waals surface area contributed by atoms with Crippen molar-refractivity contribution >= 4 is 29.4 Å². The van der Waals surface area contributed by atoms with Crippen LogP contribution in [0.2, 0.25) is 0 Å². The smallest absolute Gasteiger partial charge is 0.399 e. The van der Waals surface area contributed by atoms with Crippen LogP contribution in [-0.4, -0.2) is 56.4 Å². The standard InChI is InChI=1S/C24H34BN3O5/c1-23(2)24(3,4)33-25(32-23)16-12-20-21(26-13-16)28(17-8-6-5-7-9-17)22(30)27(20)14-19-11-10-18(29)15-31-19/h8,12-13,18-19,29H,5-7,9-11,14-15H2,1-4H3/t18-,19-/m1/s1. The third-order valence-electron chi connectivity index (χ3n) is 7.61. The van der Waals surface area contributed by atoms with Gasteiger partial charge in [-0.1, -0.05) is 6.08 Å². The molecule has 5 rings (SSSR count). The molecule has 178 valence electrons. The van der Waals surface area contributed by atoms with Gasteiger partial charge >= 0.3 is 12.8 Å². The molecule has 2 aliphatic heterocycles. The van der Waals surface area contributed by atoms with Crippen molar-refractivity contribution in [1.82, 2.24) is 14.1 Å². The molecule has 33 heavy (non-hydrogen) atoms. The highest BCUT2D eigenvalue weighted by Gasteiger charge is 2.52. The van der Waals surface area contributed by atoms with Crippen LogP contribution in [-0.2, 0) is 20.6 Å². The van der Waals surface area contributed by atoms with Crippen LogP contribution in [0.1, 0.15) is 66.2 Å². The summed E-state index contributed by atoms with van der Waals surface area (Å²) in [7, 11) is -0.547. The molecule has 9 heteroatoms. The van der Waals surface area contributed by atoms with E-state index < -0.39 is 24.4 Å². The summed E-state index contributed by atoms with van der Waals surface area (Å²) in [5.41, 5.74) is 2.23. The Morgan fingerprint density at radius 2 is 1.94 bits per heavy atom. The molecular weight excluding hydrogens is 421 g/mol. The van der Waals surface area contributed by atoms with E-state index in [0.717, 1.165) is 42.4 Å². The van der Waals surface area contributed by atoms with Gasteiger partial charge in [-0.3, -0.25) is 4.57 Å². The van der Waals surface area contributed by atoms with Gasteiger partial charge in [0.2, 0.25) is 0 Å². The van der Waals surface area contributed by atoms with Crippen LogP contribution in [0.25, 0.3) is 16.9 Å². The Bertz CT molecular complexity index is 1110. The molecular formula is C24H34BN3O5. The molecule has 0 bridgehead atoms. The van der Waals surface area contributed by atoms with Crippen molar-refractivity contribution < 1.29 is 19.2 Å². The van der Waals surface area contributed by atoms with E-state index in [2.05, 4.69) is 6.08 Å². The second-order valence-electron chi connectivity index (χ2n) is 10.6.